The first-order valence-corrected chi connectivity index (χ1v) is 7.45. The maximum absolute atomic E-state index is 11.7. The smallest absolute Gasteiger partial charge is 0.311 e. The Hall–Kier alpha value is -0.220. The topological polar surface area (TPSA) is 96.0 Å². The Morgan fingerprint density at radius 1 is 0.706 bits per heavy atom. The van der Waals surface area contributed by atoms with Crippen LogP contribution in [-0.2, 0) is 33.3 Å². The first-order valence-electron chi connectivity index (χ1n) is 4.63. The molecule has 0 aliphatic heterocycles. The number of methoxy groups -OCH3 is 2. The van der Waals surface area contributed by atoms with Gasteiger partial charge in [-0.15, -0.1) is 3.63 Å². The molecule has 0 aromatic heterocycles. The van der Waals surface area contributed by atoms with Gasteiger partial charge < -0.3 is 9.47 Å². The maximum atomic E-state index is 11.7. The van der Waals surface area contributed by atoms with E-state index in [-0.39, 0.29) is 0 Å². The molecule has 0 saturated carbocycles. The van der Waals surface area contributed by atoms with E-state index in [1.165, 1.54) is 27.7 Å². The molecule has 0 rings (SSSR count). The molecule has 0 atom stereocenters. The lowest BCUT2D eigenvalue weighted by atomic mass is 10.5. The Kier molecular flexibility index (Phi) is 4.74. The van der Waals surface area contributed by atoms with Gasteiger partial charge in [-0.05, 0) is 27.7 Å². The summed E-state index contributed by atoms with van der Waals surface area (Å²) in [6, 6.07) is 0. The number of hydrogen-bond donors (Lipinski definition) is 0. The van der Waals surface area contributed by atoms with Crippen LogP contribution < -0.4 is 0 Å². The van der Waals surface area contributed by atoms with Crippen LogP contribution in [0.15, 0.2) is 0 Å². The average molecular weight is 290 g/mol. The minimum absolute atomic E-state index is 1.13. The molecule has 7 nitrogen and oxygen atoms in total. The summed E-state index contributed by atoms with van der Waals surface area (Å²) in [6.45, 7) is 4.71. The van der Waals surface area contributed by atoms with Crippen molar-refractivity contribution in [1.29, 1.82) is 0 Å². The second-order valence-corrected chi connectivity index (χ2v) is 8.51. The summed E-state index contributed by atoms with van der Waals surface area (Å²) < 4.78 is 60.3. The molecule has 0 saturated heterocycles. The van der Waals surface area contributed by atoms with E-state index in [0.29, 0.717) is 0 Å². The summed E-state index contributed by atoms with van der Waals surface area (Å²) in [5, 5.41) is 0. The zero-order valence-corrected chi connectivity index (χ0v) is 12.3. The lowest BCUT2D eigenvalue weighted by Gasteiger charge is -2.26. The minimum Gasteiger partial charge on any atom is -0.360 e. The fourth-order valence-electron chi connectivity index (χ4n) is 0.486. The number of rotatable bonds is 6. The third kappa shape index (κ3) is 3.38. The van der Waals surface area contributed by atoms with Crippen LogP contribution in [-0.4, -0.2) is 40.9 Å². The zero-order valence-electron chi connectivity index (χ0n) is 10.7. The Balaban J connectivity index is 5.40. The van der Waals surface area contributed by atoms with Gasteiger partial charge in [0.2, 0.25) is 0 Å². The molecule has 0 aromatic rings. The molecular weight excluding hydrogens is 272 g/mol. The highest BCUT2D eigenvalue weighted by Crippen LogP contribution is 2.26. The van der Waals surface area contributed by atoms with E-state index in [9.17, 15) is 16.8 Å². The molecule has 0 heterocycles. The third-order valence-electron chi connectivity index (χ3n) is 2.37. The number of ether oxygens (including phenoxy) is 2. The molecule has 17 heavy (non-hydrogen) atoms. The van der Waals surface area contributed by atoms with Gasteiger partial charge in [-0.3, -0.25) is 0 Å². The predicted molar refractivity (Wildman–Crippen MR) is 61.1 cm³/mol. The highest BCUT2D eigenvalue weighted by Gasteiger charge is 2.45. The lowest BCUT2D eigenvalue weighted by Crippen LogP contribution is -2.42. The molecule has 0 radical (unpaired) electrons. The fraction of sp³-hybridized carbons (Fsp3) is 1.00. The second-order valence-electron chi connectivity index (χ2n) is 4.18. The summed E-state index contributed by atoms with van der Waals surface area (Å²) in [6.07, 6.45) is 0. The van der Waals surface area contributed by atoms with Crippen molar-refractivity contribution >= 4 is 20.2 Å². The highest BCUT2D eigenvalue weighted by molar-refractivity contribution is 8.01. The van der Waals surface area contributed by atoms with Crippen molar-refractivity contribution in [2.45, 2.75) is 37.6 Å². The minimum atomic E-state index is -4.45. The largest absolute Gasteiger partial charge is 0.360 e. The Morgan fingerprint density at radius 3 is 1.12 bits per heavy atom. The standard InChI is InChI=1S/C8H18O7S2/c1-7(2,13-5)16(9,10)15-17(11,12)8(3,4)14-6/h1-6H3. The quantitative estimate of drug-likeness (QED) is 0.699. The van der Waals surface area contributed by atoms with Crippen molar-refractivity contribution in [2.75, 3.05) is 14.2 Å². The van der Waals surface area contributed by atoms with E-state index in [2.05, 4.69) is 13.1 Å². The Labute approximate surface area is 102 Å². The monoisotopic (exact) mass is 290 g/mol. The van der Waals surface area contributed by atoms with Crippen molar-refractivity contribution in [2.24, 2.45) is 0 Å². The lowest BCUT2D eigenvalue weighted by molar-refractivity contribution is 0.0767. The van der Waals surface area contributed by atoms with Crippen LogP contribution in [0, 0.1) is 0 Å². The molecule has 0 bridgehead atoms. The first kappa shape index (κ1) is 16.8. The van der Waals surface area contributed by atoms with E-state index in [1.807, 2.05) is 0 Å². The molecule has 9 heteroatoms. The van der Waals surface area contributed by atoms with Gasteiger partial charge in [0.15, 0.2) is 9.87 Å². The zero-order chi connectivity index (χ0) is 14.1. The summed E-state index contributed by atoms with van der Waals surface area (Å²) in [5.74, 6) is 0. The Bertz CT molecular complexity index is 414. The van der Waals surface area contributed by atoms with Gasteiger partial charge in [0, 0.05) is 14.2 Å². The highest BCUT2D eigenvalue weighted by atomic mass is 32.3. The molecule has 0 spiro atoms. The van der Waals surface area contributed by atoms with Gasteiger partial charge in [0.1, 0.15) is 0 Å². The van der Waals surface area contributed by atoms with Gasteiger partial charge in [-0.2, -0.15) is 16.8 Å². The molecule has 0 aliphatic rings. The van der Waals surface area contributed by atoms with Crippen LogP contribution in [0.4, 0.5) is 0 Å². The van der Waals surface area contributed by atoms with Crippen molar-refractivity contribution in [3.05, 3.63) is 0 Å². The molecule has 0 aliphatic carbocycles. The van der Waals surface area contributed by atoms with E-state index >= 15 is 0 Å². The molecule has 0 aromatic carbocycles. The SMILES string of the molecule is COC(C)(C)S(=O)(=O)OS(=O)(=O)C(C)(C)OC. The average Bonchev–Trinajstić information content (AvgIpc) is 2.15. The molecule has 104 valence electrons. The maximum Gasteiger partial charge on any atom is 0.311 e. The molecule has 0 amide bonds. The van der Waals surface area contributed by atoms with Crippen LogP contribution in [0.25, 0.3) is 0 Å². The number of hydrogen-bond acceptors (Lipinski definition) is 7. The Morgan fingerprint density at radius 2 is 0.941 bits per heavy atom. The second kappa shape index (κ2) is 4.81. The van der Waals surface area contributed by atoms with Gasteiger partial charge in [-0.25, -0.2) is 0 Å². The van der Waals surface area contributed by atoms with Crippen LogP contribution in [0.5, 0.6) is 0 Å². The third-order valence-corrected chi connectivity index (χ3v) is 6.54. The van der Waals surface area contributed by atoms with E-state index in [1.54, 1.807) is 0 Å². The van der Waals surface area contributed by atoms with Crippen LogP contribution in [0.1, 0.15) is 27.7 Å². The first-order chi connectivity index (χ1) is 7.33. The van der Waals surface area contributed by atoms with E-state index in [4.69, 9.17) is 0 Å². The fourth-order valence-corrected chi connectivity index (χ4v) is 3.15. The van der Waals surface area contributed by atoms with Gasteiger partial charge in [0.05, 0.1) is 0 Å². The van der Waals surface area contributed by atoms with Crippen molar-refractivity contribution in [3.8, 4) is 0 Å². The van der Waals surface area contributed by atoms with Crippen LogP contribution in [0.2, 0.25) is 0 Å². The van der Waals surface area contributed by atoms with Gasteiger partial charge >= 0.3 is 20.2 Å². The summed E-state index contributed by atoms with van der Waals surface area (Å²) in [7, 11) is -6.63. The molecule has 0 unspecified atom stereocenters. The van der Waals surface area contributed by atoms with Crippen molar-refractivity contribution in [1.82, 2.24) is 0 Å². The summed E-state index contributed by atoms with van der Waals surface area (Å²) >= 11 is 0. The summed E-state index contributed by atoms with van der Waals surface area (Å²) in [4.78, 5) is -3.55. The normalized spacial score (nSPS) is 14.9. The summed E-state index contributed by atoms with van der Waals surface area (Å²) in [5.41, 5.74) is 0. The van der Waals surface area contributed by atoms with Crippen molar-refractivity contribution in [3.63, 3.8) is 0 Å². The van der Waals surface area contributed by atoms with Crippen LogP contribution >= 0.6 is 0 Å². The predicted octanol–water partition coefficient (Wildman–Crippen LogP) is 0.428. The van der Waals surface area contributed by atoms with Gasteiger partial charge in [0.25, 0.3) is 0 Å². The van der Waals surface area contributed by atoms with E-state index in [0.717, 1.165) is 14.2 Å². The van der Waals surface area contributed by atoms with E-state index < -0.39 is 30.1 Å². The molecule has 0 N–H and O–H groups in total. The molecule has 0 fully saturated rings. The van der Waals surface area contributed by atoms with Gasteiger partial charge in [-0.1, -0.05) is 0 Å². The van der Waals surface area contributed by atoms with Crippen molar-refractivity contribution < 1.29 is 29.9 Å². The van der Waals surface area contributed by atoms with Crippen LogP contribution in [0.3, 0.4) is 0 Å². The molecular formula is C8H18O7S2.